The van der Waals surface area contributed by atoms with Crippen molar-refractivity contribution >= 4 is 0 Å². The van der Waals surface area contributed by atoms with Gasteiger partial charge in [-0.15, -0.1) is 0 Å². The van der Waals surface area contributed by atoms with Gasteiger partial charge in [-0.2, -0.15) is 0 Å². The van der Waals surface area contributed by atoms with Crippen LogP contribution in [0.1, 0.15) is 20.3 Å². The van der Waals surface area contributed by atoms with E-state index in [0.717, 1.165) is 25.6 Å². The standard InChI is InChI=1S/C10H23NO2/c1-10(2)4-5-11-6-7-13-9-8-12-3/h10-11H,4-9H2,1-3H3. The summed E-state index contributed by atoms with van der Waals surface area (Å²) in [7, 11) is 1.68. The molecule has 13 heavy (non-hydrogen) atoms. The van der Waals surface area contributed by atoms with Crippen molar-refractivity contribution in [2.75, 3.05) is 40.0 Å². The molecule has 0 rings (SSSR count). The fourth-order valence-corrected chi connectivity index (χ4v) is 0.904. The Balaban J connectivity index is 2.84. The first-order chi connectivity index (χ1) is 6.27. The van der Waals surface area contributed by atoms with Gasteiger partial charge in [0.15, 0.2) is 0 Å². The maximum absolute atomic E-state index is 5.29. The molecule has 0 aliphatic heterocycles. The third-order valence-corrected chi connectivity index (χ3v) is 1.75. The van der Waals surface area contributed by atoms with Crippen LogP contribution in [0.5, 0.6) is 0 Å². The Morgan fingerprint density at radius 1 is 1.08 bits per heavy atom. The molecule has 1 N–H and O–H groups in total. The summed E-state index contributed by atoms with van der Waals surface area (Å²) >= 11 is 0. The average Bonchev–Trinajstić information content (AvgIpc) is 2.09. The van der Waals surface area contributed by atoms with Crippen molar-refractivity contribution in [1.82, 2.24) is 5.32 Å². The zero-order chi connectivity index (χ0) is 9.94. The third kappa shape index (κ3) is 11.9. The SMILES string of the molecule is COCCOCCNCCC(C)C. The topological polar surface area (TPSA) is 30.5 Å². The monoisotopic (exact) mass is 189 g/mol. The molecule has 0 radical (unpaired) electrons. The van der Waals surface area contributed by atoms with Crippen molar-refractivity contribution in [3.8, 4) is 0 Å². The number of rotatable bonds is 9. The van der Waals surface area contributed by atoms with Gasteiger partial charge in [-0.3, -0.25) is 0 Å². The van der Waals surface area contributed by atoms with Crippen molar-refractivity contribution in [2.24, 2.45) is 5.92 Å². The second kappa shape index (κ2) is 9.96. The first-order valence-electron chi connectivity index (χ1n) is 5.04. The van der Waals surface area contributed by atoms with Gasteiger partial charge >= 0.3 is 0 Å². The molecule has 0 heterocycles. The van der Waals surface area contributed by atoms with Crippen LogP contribution in [0.4, 0.5) is 0 Å². The van der Waals surface area contributed by atoms with E-state index in [1.54, 1.807) is 7.11 Å². The van der Waals surface area contributed by atoms with E-state index >= 15 is 0 Å². The smallest absolute Gasteiger partial charge is 0.0700 e. The predicted molar refractivity (Wildman–Crippen MR) is 55.0 cm³/mol. The molecule has 0 spiro atoms. The quantitative estimate of drug-likeness (QED) is 0.554. The Bertz CT molecular complexity index is 96.9. The third-order valence-electron chi connectivity index (χ3n) is 1.75. The first kappa shape index (κ1) is 12.9. The molecule has 0 aliphatic carbocycles. The summed E-state index contributed by atoms with van der Waals surface area (Å²) in [6.45, 7) is 8.66. The lowest BCUT2D eigenvalue weighted by Gasteiger charge is -2.07. The molecule has 0 unspecified atom stereocenters. The Morgan fingerprint density at radius 3 is 2.46 bits per heavy atom. The summed E-state index contributed by atoms with van der Waals surface area (Å²) in [5.41, 5.74) is 0. The minimum atomic E-state index is 0.687. The maximum Gasteiger partial charge on any atom is 0.0700 e. The first-order valence-corrected chi connectivity index (χ1v) is 5.04. The fraction of sp³-hybridized carbons (Fsp3) is 1.00. The lowest BCUT2D eigenvalue weighted by Crippen LogP contribution is -2.22. The van der Waals surface area contributed by atoms with E-state index in [4.69, 9.17) is 9.47 Å². The molecule has 0 bridgehead atoms. The largest absolute Gasteiger partial charge is 0.382 e. The lowest BCUT2D eigenvalue weighted by atomic mass is 10.1. The van der Waals surface area contributed by atoms with E-state index in [-0.39, 0.29) is 0 Å². The molecule has 0 amide bonds. The normalized spacial score (nSPS) is 11.1. The van der Waals surface area contributed by atoms with Crippen LogP contribution in [0.2, 0.25) is 0 Å². The van der Waals surface area contributed by atoms with Gasteiger partial charge in [0.05, 0.1) is 19.8 Å². The highest BCUT2D eigenvalue weighted by atomic mass is 16.5. The van der Waals surface area contributed by atoms with Crippen LogP contribution in [0.15, 0.2) is 0 Å². The van der Waals surface area contributed by atoms with Crippen molar-refractivity contribution in [3.05, 3.63) is 0 Å². The van der Waals surface area contributed by atoms with E-state index in [1.165, 1.54) is 6.42 Å². The van der Waals surface area contributed by atoms with Gasteiger partial charge in [-0.05, 0) is 18.9 Å². The minimum Gasteiger partial charge on any atom is -0.382 e. The van der Waals surface area contributed by atoms with Gasteiger partial charge in [0, 0.05) is 13.7 Å². The number of hydrogen-bond acceptors (Lipinski definition) is 3. The molecule has 3 nitrogen and oxygen atoms in total. The van der Waals surface area contributed by atoms with Crippen LogP contribution < -0.4 is 5.32 Å². The van der Waals surface area contributed by atoms with Gasteiger partial charge < -0.3 is 14.8 Å². The van der Waals surface area contributed by atoms with Crippen LogP contribution in [0.25, 0.3) is 0 Å². The number of ether oxygens (including phenoxy) is 2. The van der Waals surface area contributed by atoms with Gasteiger partial charge in [0.1, 0.15) is 0 Å². The van der Waals surface area contributed by atoms with E-state index in [2.05, 4.69) is 19.2 Å². The van der Waals surface area contributed by atoms with Gasteiger partial charge in [0.25, 0.3) is 0 Å². The molecular formula is C10H23NO2. The highest BCUT2D eigenvalue weighted by molar-refractivity contribution is 4.50. The molecule has 0 atom stereocenters. The van der Waals surface area contributed by atoms with Gasteiger partial charge in [-0.25, -0.2) is 0 Å². The minimum absolute atomic E-state index is 0.687. The molecule has 0 aromatic carbocycles. The van der Waals surface area contributed by atoms with Crippen LogP contribution in [0.3, 0.4) is 0 Å². The van der Waals surface area contributed by atoms with Crippen LogP contribution >= 0.6 is 0 Å². The molecular weight excluding hydrogens is 166 g/mol. The highest BCUT2D eigenvalue weighted by Gasteiger charge is 1.92. The molecule has 0 fully saturated rings. The van der Waals surface area contributed by atoms with E-state index < -0.39 is 0 Å². The van der Waals surface area contributed by atoms with Crippen molar-refractivity contribution in [3.63, 3.8) is 0 Å². The fourth-order valence-electron chi connectivity index (χ4n) is 0.904. The summed E-state index contributed by atoms with van der Waals surface area (Å²) in [5.74, 6) is 0.780. The highest BCUT2D eigenvalue weighted by Crippen LogP contribution is 1.95. The lowest BCUT2D eigenvalue weighted by molar-refractivity contribution is 0.0719. The van der Waals surface area contributed by atoms with Crippen LogP contribution in [0, 0.1) is 5.92 Å². The number of nitrogens with one attached hydrogen (secondary N) is 1. The molecule has 0 aromatic rings. The molecule has 0 aromatic heterocycles. The second-order valence-electron chi connectivity index (χ2n) is 3.54. The molecule has 0 saturated carbocycles. The molecule has 80 valence electrons. The van der Waals surface area contributed by atoms with E-state index in [1.807, 2.05) is 0 Å². The van der Waals surface area contributed by atoms with E-state index in [9.17, 15) is 0 Å². The maximum atomic E-state index is 5.29. The second-order valence-corrected chi connectivity index (χ2v) is 3.54. The van der Waals surface area contributed by atoms with Crippen molar-refractivity contribution < 1.29 is 9.47 Å². The van der Waals surface area contributed by atoms with Crippen LogP contribution in [-0.2, 0) is 9.47 Å². The van der Waals surface area contributed by atoms with Crippen molar-refractivity contribution in [1.29, 1.82) is 0 Å². The average molecular weight is 189 g/mol. The summed E-state index contributed by atoms with van der Waals surface area (Å²) in [6.07, 6.45) is 1.23. The number of hydrogen-bond donors (Lipinski definition) is 1. The summed E-state index contributed by atoms with van der Waals surface area (Å²) in [6, 6.07) is 0. The molecule has 3 heteroatoms. The Kier molecular flexibility index (Phi) is 9.87. The Morgan fingerprint density at radius 2 is 1.85 bits per heavy atom. The molecule has 0 saturated heterocycles. The van der Waals surface area contributed by atoms with Gasteiger partial charge in [0.2, 0.25) is 0 Å². The van der Waals surface area contributed by atoms with Gasteiger partial charge in [-0.1, -0.05) is 13.8 Å². The zero-order valence-corrected chi connectivity index (χ0v) is 9.14. The Hall–Kier alpha value is -0.120. The van der Waals surface area contributed by atoms with Crippen LogP contribution in [-0.4, -0.2) is 40.0 Å². The Labute approximate surface area is 81.8 Å². The van der Waals surface area contributed by atoms with Crippen molar-refractivity contribution in [2.45, 2.75) is 20.3 Å². The molecule has 0 aliphatic rings. The summed E-state index contributed by atoms with van der Waals surface area (Å²) in [4.78, 5) is 0. The zero-order valence-electron chi connectivity index (χ0n) is 9.14. The predicted octanol–water partition coefficient (Wildman–Crippen LogP) is 1.29. The summed E-state index contributed by atoms with van der Waals surface area (Å²) in [5, 5.41) is 3.33. The van der Waals surface area contributed by atoms with E-state index in [0.29, 0.717) is 13.2 Å². The number of methoxy groups -OCH3 is 1. The summed E-state index contributed by atoms with van der Waals surface area (Å²) < 4.78 is 10.1.